The van der Waals surface area contributed by atoms with Crippen LogP contribution in [-0.2, 0) is 4.79 Å². The number of hydrogen-bond donors (Lipinski definition) is 1. The van der Waals surface area contributed by atoms with Gasteiger partial charge in [-0.05, 0) is 37.5 Å². The van der Waals surface area contributed by atoms with Crippen LogP contribution >= 0.6 is 0 Å². The molecule has 4 rings (SSSR count). The minimum Gasteiger partial charge on any atom is -0.343 e. The Morgan fingerprint density at radius 2 is 1.81 bits per heavy atom. The van der Waals surface area contributed by atoms with Crippen molar-refractivity contribution in [1.82, 2.24) is 29.8 Å². The molecule has 27 heavy (non-hydrogen) atoms. The molecule has 1 N–H and O–H groups in total. The number of benzene rings is 1. The van der Waals surface area contributed by atoms with E-state index in [-0.39, 0.29) is 18.4 Å². The molecule has 0 spiro atoms. The molecule has 1 aliphatic heterocycles. The van der Waals surface area contributed by atoms with Crippen LogP contribution in [0.5, 0.6) is 0 Å². The molecule has 3 heterocycles. The highest BCUT2D eigenvalue weighted by Gasteiger charge is 2.17. The van der Waals surface area contributed by atoms with Crippen molar-refractivity contribution in [1.29, 1.82) is 0 Å². The van der Waals surface area contributed by atoms with E-state index in [1.807, 2.05) is 23.2 Å². The number of piperidine rings is 1. The lowest BCUT2D eigenvalue weighted by atomic mass is 10.1. The zero-order chi connectivity index (χ0) is 18.6. The van der Waals surface area contributed by atoms with Crippen LogP contribution in [0.3, 0.4) is 0 Å². The lowest BCUT2D eigenvalue weighted by molar-refractivity contribution is -0.130. The van der Waals surface area contributed by atoms with Crippen LogP contribution in [-0.4, -0.2) is 55.9 Å². The summed E-state index contributed by atoms with van der Waals surface area (Å²) in [6.07, 6.45) is 6.73. The maximum atomic E-state index is 12.3. The van der Waals surface area contributed by atoms with E-state index in [9.17, 15) is 9.59 Å². The van der Waals surface area contributed by atoms with E-state index in [1.54, 1.807) is 28.8 Å². The van der Waals surface area contributed by atoms with Crippen molar-refractivity contribution >= 4 is 17.6 Å². The Hall–Kier alpha value is -3.29. The highest BCUT2D eigenvalue weighted by molar-refractivity contribution is 5.96. The Morgan fingerprint density at radius 3 is 2.59 bits per heavy atom. The summed E-state index contributed by atoms with van der Waals surface area (Å²) in [6.45, 7) is 1.59. The zero-order valence-corrected chi connectivity index (χ0v) is 14.8. The summed E-state index contributed by atoms with van der Waals surface area (Å²) in [5.41, 5.74) is 1.33. The Bertz CT molecular complexity index is 960. The highest BCUT2D eigenvalue weighted by Crippen LogP contribution is 2.18. The molecule has 0 radical (unpaired) electrons. The van der Waals surface area contributed by atoms with Crippen LogP contribution in [0, 0.1) is 0 Å². The number of nitrogens with zero attached hydrogens (tertiary/aromatic N) is 5. The van der Waals surface area contributed by atoms with E-state index in [0.29, 0.717) is 17.2 Å². The first kappa shape index (κ1) is 17.1. The minimum atomic E-state index is -0.264. The molecular weight excluding hydrogens is 344 g/mol. The number of hydrogen-bond acceptors (Lipinski definition) is 5. The van der Waals surface area contributed by atoms with Gasteiger partial charge in [0.25, 0.3) is 11.7 Å². The van der Waals surface area contributed by atoms with E-state index < -0.39 is 0 Å². The SMILES string of the molecule is O=C(NCC(=O)N1CCCCC1)c1ccc(-c2nnc3ncccn23)cc1. The average Bonchev–Trinajstić information content (AvgIpc) is 3.16. The molecule has 8 heteroatoms. The van der Waals surface area contributed by atoms with Gasteiger partial charge in [-0.25, -0.2) is 4.98 Å². The summed E-state index contributed by atoms with van der Waals surface area (Å²) in [6, 6.07) is 8.86. The molecule has 0 atom stereocenters. The van der Waals surface area contributed by atoms with Gasteiger partial charge in [0.15, 0.2) is 5.82 Å². The number of likely N-dealkylation sites (tertiary alicyclic amines) is 1. The molecule has 138 valence electrons. The highest BCUT2D eigenvalue weighted by atomic mass is 16.2. The third-order valence-corrected chi connectivity index (χ3v) is 4.70. The van der Waals surface area contributed by atoms with Crippen molar-refractivity contribution in [2.45, 2.75) is 19.3 Å². The topological polar surface area (TPSA) is 92.5 Å². The number of amides is 2. The van der Waals surface area contributed by atoms with Crippen molar-refractivity contribution in [3.63, 3.8) is 0 Å². The fraction of sp³-hybridized carbons (Fsp3) is 0.316. The largest absolute Gasteiger partial charge is 0.343 e. The summed E-state index contributed by atoms with van der Waals surface area (Å²) in [5, 5.41) is 10.9. The van der Waals surface area contributed by atoms with Crippen LogP contribution in [0.2, 0.25) is 0 Å². The average molecular weight is 364 g/mol. The Morgan fingerprint density at radius 1 is 1.04 bits per heavy atom. The number of fused-ring (bicyclic) bond motifs is 1. The smallest absolute Gasteiger partial charge is 0.255 e. The number of carbonyl (C=O) groups excluding carboxylic acids is 2. The fourth-order valence-electron chi connectivity index (χ4n) is 3.22. The van der Waals surface area contributed by atoms with Crippen molar-refractivity contribution in [3.8, 4) is 11.4 Å². The van der Waals surface area contributed by atoms with E-state index in [1.165, 1.54) is 6.42 Å². The summed E-state index contributed by atoms with van der Waals surface area (Å²) >= 11 is 0. The van der Waals surface area contributed by atoms with E-state index >= 15 is 0 Å². The summed E-state index contributed by atoms with van der Waals surface area (Å²) in [7, 11) is 0. The molecule has 3 aromatic rings. The standard InChI is InChI=1S/C19H20N6O2/c26-16(24-10-2-1-3-11-24)13-21-18(27)15-7-5-14(6-8-15)17-22-23-19-20-9-4-12-25(17)19/h4-9,12H,1-3,10-11,13H2,(H,21,27). The molecular formula is C19H20N6O2. The van der Waals surface area contributed by atoms with E-state index in [4.69, 9.17) is 0 Å². The van der Waals surface area contributed by atoms with E-state index in [0.717, 1.165) is 31.5 Å². The molecule has 1 saturated heterocycles. The van der Waals surface area contributed by atoms with Gasteiger partial charge in [0.2, 0.25) is 5.91 Å². The molecule has 1 aliphatic rings. The van der Waals surface area contributed by atoms with Crippen LogP contribution in [0.15, 0.2) is 42.7 Å². The Kier molecular flexibility index (Phi) is 4.78. The quantitative estimate of drug-likeness (QED) is 0.758. The monoisotopic (exact) mass is 364 g/mol. The molecule has 0 bridgehead atoms. The third kappa shape index (κ3) is 3.64. The second kappa shape index (κ2) is 7.53. The van der Waals surface area contributed by atoms with Crippen LogP contribution in [0.25, 0.3) is 17.2 Å². The van der Waals surface area contributed by atoms with Gasteiger partial charge in [0, 0.05) is 36.6 Å². The number of aromatic nitrogens is 4. The van der Waals surface area contributed by atoms with Gasteiger partial charge in [0.1, 0.15) is 0 Å². The predicted molar refractivity (Wildman–Crippen MR) is 99.0 cm³/mol. The Balaban J connectivity index is 1.41. The maximum Gasteiger partial charge on any atom is 0.255 e. The van der Waals surface area contributed by atoms with Crippen LogP contribution in [0.4, 0.5) is 0 Å². The van der Waals surface area contributed by atoms with Gasteiger partial charge in [-0.3, -0.25) is 14.0 Å². The normalized spacial score (nSPS) is 14.3. The predicted octanol–water partition coefficient (Wildman–Crippen LogP) is 1.53. The molecule has 2 amide bonds. The van der Waals surface area contributed by atoms with Gasteiger partial charge in [-0.15, -0.1) is 10.2 Å². The van der Waals surface area contributed by atoms with Gasteiger partial charge in [0.05, 0.1) is 6.54 Å². The molecule has 0 aliphatic carbocycles. The van der Waals surface area contributed by atoms with Crippen LogP contribution in [0.1, 0.15) is 29.6 Å². The van der Waals surface area contributed by atoms with Crippen LogP contribution < -0.4 is 5.32 Å². The molecule has 0 saturated carbocycles. The fourth-order valence-corrected chi connectivity index (χ4v) is 3.22. The van der Waals surface area contributed by atoms with Crippen molar-refractivity contribution in [3.05, 3.63) is 48.3 Å². The van der Waals surface area contributed by atoms with Gasteiger partial charge >= 0.3 is 0 Å². The lowest BCUT2D eigenvalue weighted by Crippen LogP contribution is -2.42. The van der Waals surface area contributed by atoms with Crippen molar-refractivity contribution in [2.24, 2.45) is 0 Å². The molecule has 1 aromatic carbocycles. The summed E-state index contributed by atoms with van der Waals surface area (Å²) in [4.78, 5) is 30.4. The first-order chi connectivity index (χ1) is 13.2. The first-order valence-electron chi connectivity index (χ1n) is 9.04. The molecule has 2 aromatic heterocycles. The zero-order valence-electron chi connectivity index (χ0n) is 14.8. The van der Waals surface area contributed by atoms with Gasteiger partial charge in [-0.2, -0.15) is 0 Å². The first-order valence-corrected chi connectivity index (χ1v) is 9.04. The second-order valence-electron chi connectivity index (χ2n) is 6.51. The molecule has 0 unspecified atom stereocenters. The second-order valence-corrected chi connectivity index (χ2v) is 6.51. The maximum absolute atomic E-state index is 12.3. The Labute approximate surface area is 156 Å². The summed E-state index contributed by atoms with van der Waals surface area (Å²) < 4.78 is 1.78. The number of carbonyl (C=O) groups is 2. The summed E-state index contributed by atoms with van der Waals surface area (Å²) in [5.74, 6) is 0.887. The molecule has 8 nitrogen and oxygen atoms in total. The van der Waals surface area contributed by atoms with Crippen molar-refractivity contribution in [2.75, 3.05) is 19.6 Å². The van der Waals surface area contributed by atoms with Gasteiger partial charge in [-0.1, -0.05) is 12.1 Å². The molecule has 1 fully saturated rings. The minimum absolute atomic E-state index is 0.0258. The number of nitrogens with one attached hydrogen (secondary N) is 1. The van der Waals surface area contributed by atoms with E-state index in [2.05, 4.69) is 20.5 Å². The third-order valence-electron chi connectivity index (χ3n) is 4.70. The van der Waals surface area contributed by atoms with Gasteiger partial charge < -0.3 is 10.2 Å². The number of rotatable bonds is 4. The van der Waals surface area contributed by atoms with Crippen molar-refractivity contribution < 1.29 is 9.59 Å². The lowest BCUT2D eigenvalue weighted by Gasteiger charge is -2.26.